The maximum atomic E-state index is 12.7. The molecular weight excluding hydrogens is 372 g/mol. The fraction of sp³-hybridized carbons (Fsp3) is 0.261. The van der Waals surface area contributed by atoms with Crippen LogP contribution in [0.3, 0.4) is 0 Å². The van der Waals surface area contributed by atoms with Gasteiger partial charge in [-0.2, -0.15) is 0 Å². The van der Waals surface area contributed by atoms with Crippen LogP contribution in [0.25, 0.3) is 10.8 Å². The molecule has 1 fully saturated rings. The maximum absolute atomic E-state index is 12.7. The van der Waals surface area contributed by atoms with Gasteiger partial charge in [0.1, 0.15) is 0 Å². The lowest BCUT2D eigenvalue weighted by Crippen LogP contribution is -2.45. The molecule has 1 aliphatic rings. The van der Waals surface area contributed by atoms with Crippen LogP contribution in [0, 0.1) is 0 Å². The highest BCUT2D eigenvalue weighted by atomic mass is 35.5. The SMILES string of the molecule is Cl.NCc1ccc(C(=O)N2CC[C@@H](c3ccc4ccccc4c3)[C@H](O)C2)cc1. The Morgan fingerprint density at radius 3 is 2.43 bits per heavy atom. The van der Waals surface area contributed by atoms with Crippen molar-refractivity contribution in [3.8, 4) is 0 Å². The van der Waals surface area contributed by atoms with E-state index >= 15 is 0 Å². The van der Waals surface area contributed by atoms with Crippen LogP contribution in [-0.2, 0) is 6.54 Å². The summed E-state index contributed by atoms with van der Waals surface area (Å²) in [5.74, 6) is 0.0212. The lowest BCUT2D eigenvalue weighted by molar-refractivity contribution is 0.0382. The van der Waals surface area contributed by atoms with E-state index in [4.69, 9.17) is 5.73 Å². The van der Waals surface area contributed by atoms with E-state index in [1.165, 1.54) is 10.8 Å². The van der Waals surface area contributed by atoms with Gasteiger partial charge in [-0.1, -0.05) is 54.6 Å². The summed E-state index contributed by atoms with van der Waals surface area (Å²) < 4.78 is 0. The Hall–Kier alpha value is -2.40. The molecule has 0 radical (unpaired) electrons. The van der Waals surface area contributed by atoms with Gasteiger partial charge in [-0.25, -0.2) is 0 Å². The normalized spacial score (nSPS) is 19.3. The number of carbonyl (C=O) groups is 1. The van der Waals surface area contributed by atoms with Crippen molar-refractivity contribution in [1.82, 2.24) is 4.90 Å². The molecule has 28 heavy (non-hydrogen) atoms. The molecule has 0 saturated carbocycles. The molecule has 0 bridgehead atoms. The molecule has 0 unspecified atom stereocenters. The first-order valence-electron chi connectivity index (χ1n) is 9.41. The van der Waals surface area contributed by atoms with Crippen LogP contribution in [0.1, 0.15) is 33.8 Å². The molecule has 0 spiro atoms. The predicted octanol–water partition coefficient (Wildman–Crippen LogP) is 3.71. The topological polar surface area (TPSA) is 66.6 Å². The van der Waals surface area contributed by atoms with E-state index in [9.17, 15) is 9.90 Å². The fourth-order valence-electron chi connectivity index (χ4n) is 3.91. The Bertz CT molecular complexity index is 958. The van der Waals surface area contributed by atoms with Gasteiger partial charge in [0.05, 0.1) is 6.10 Å². The number of halogens is 1. The van der Waals surface area contributed by atoms with Crippen LogP contribution < -0.4 is 5.73 Å². The van der Waals surface area contributed by atoms with Crippen molar-refractivity contribution in [2.75, 3.05) is 13.1 Å². The summed E-state index contributed by atoms with van der Waals surface area (Å²) in [4.78, 5) is 14.5. The van der Waals surface area contributed by atoms with Crippen LogP contribution in [-0.4, -0.2) is 35.1 Å². The molecule has 0 aliphatic carbocycles. The Labute approximate surface area is 171 Å². The summed E-state index contributed by atoms with van der Waals surface area (Å²) in [6.45, 7) is 1.46. The molecule has 3 N–H and O–H groups in total. The van der Waals surface area contributed by atoms with Crippen molar-refractivity contribution in [2.24, 2.45) is 5.73 Å². The zero-order valence-corrected chi connectivity index (χ0v) is 16.4. The second kappa shape index (κ2) is 8.74. The van der Waals surface area contributed by atoms with E-state index < -0.39 is 6.10 Å². The van der Waals surface area contributed by atoms with Crippen LogP contribution in [0.5, 0.6) is 0 Å². The number of nitrogens with zero attached hydrogens (tertiary/aromatic N) is 1. The molecule has 3 aromatic carbocycles. The number of nitrogens with two attached hydrogens (primary N) is 1. The van der Waals surface area contributed by atoms with Gasteiger partial charge in [0.15, 0.2) is 0 Å². The molecule has 1 heterocycles. The van der Waals surface area contributed by atoms with Crippen molar-refractivity contribution in [1.29, 1.82) is 0 Å². The summed E-state index contributed by atoms with van der Waals surface area (Å²) in [7, 11) is 0. The average molecular weight is 397 g/mol. The first-order valence-corrected chi connectivity index (χ1v) is 9.41. The van der Waals surface area contributed by atoms with Crippen molar-refractivity contribution in [3.05, 3.63) is 83.4 Å². The number of fused-ring (bicyclic) bond motifs is 1. The number of piperidine rings is 1. The quantitative estimate of drug-likeness (QED) is 0.709. The van der Waals surface area contributed by atoms with Crippen LogP contribution in [0.2, 0.25) is 0 Å². The molecule has 4 rings (SSSR count). The second-order valence-electron chi connectivity index (χ2n) is 7.22. The highest BCUT2D eigenvalue weighted by Gasteiger charge is 2.31. The maximum Gasteiger partial charge on any atom is 0.253 e. The van der Waals surface area contributed by atoms with Gasteiger partial charge < -0.3 is 15.7 Å². The molecule has 0 aromatic heterocycles. The Morgan fingerprint density at radius 2 is 1.75 bits per heavy atom. The molecular formula is C23H25ClN2O2. The molecule has 1 aliphatic heterocycles. The molecule has 1 amide bonds. The fourth-order valence-corrected chi connectivity index (χ4v) is 3.91. The van der Waals surface area contributed by atoms with Gasteiger partial charge in [0.25, 0.3) is 5.91 Å². The molecule has 4 nitrogen and oxygen atoms in total. The number of benzene rings is 3. The lowest BCUT2D eigenvalue weighted by atomic mass is 9.86. The number of likely N-dealkylation sites (tertiary alicyclic amines) is 1. The summed E-state index contributed by atoms with van der Waals surface area (Å²) >= 11 is 0. The summed E-state index contributed by atoms with van der Waals surface area (Å²) in [5, 5.41) is 13.1. The Balaban J connectivity index is 0.00000225. The third-order valence-electron chi connectivity index (χ3n) is 5.51. The smallest absolute Gasteiger partial charge is 0.253 e. The number of rotatable bonds is 3. The van der Waals surface area contributed by atoms with Gasteiger partial charge >= 0.3 is 0 Å². The number of amides is 1. The Morgan fingerprint density at radius 1 is 1.04 bits per heavy atom. The molecule has 2 atom stereocenters. The number of β-amino-alcohol motifs (C(OH)–C–C–N with tert-alkyl or cyclic N) is 1. The van der Waals surface area contributed by atoms with E-state index in [1.807, 2.05) is 36.4 Å². The standard InChI is InChI=1S/C23H24N2O2.ClH/c24-14-16-5-7-18(8-6-16)23(27)25-12-11-21(22(26)15-25)20-10-9-17-3-1-2-4-19(17)13-20;/h1-10,13,21-22,26H,11-12,14-15,24H2;1H/t21-,22+;/m0./s1. The lowest BCUT2D eigenvalue weighted by Gasteiger charge is -2.36. The van der Waals surface area contributed by atoms with Gasteiger partial charge in [-0.15, -0.1) is 12.4 Å². The van der Waals surface area contributed by atoms with E-state index in [-0.39, 0.29) is 24.2 Å². The predicted molar refractivity (Wildman–Crippen MR) is 115 cm³/mol. The summed E-state index contributed by atoms with van der Waals surface area (Å²) in [6, 6.07) is 22.0. The summed E-state index contributed by atoms with van der Waals surface area (Å²) in [5.41, 5.74) is 8.40. The second-order valence-corrected chi connectivity index (χ2v) is 7.22. The van der Waals surface area contributed by atoms with Gasteiger partial charge in [-0.05, 0) is 40.5 Å². The van der Waals surface area contributed by atoms with Crippen molar-refractivity contribution in [2.45, 2.75) is 25.0 Å². The van der Waals surface area contributed by atoms with E-state index in [1.54, 1.807) is 4.90 Å². The largest absolute Gasteiger partial charge is 0.391 e. The van der Waals surface area contributed by atoms with Crippen LogP contribution >= 0.6 is 12.4 Å². The third kappa shape index (κ3) is 4.04. The van der Waals surface area contributed by atoms with E-state index in [0.29, 0.717) is 25.2 Å². The highest BCUT2D eigenvalue weighted by molar-refractivity contribution is 5.94. The number of aliphatic hydroxyl groups is 1. The Kier molecular flexibility index (Phi) is 6.35. The van der Waals surface area contributed by atoms with Crippen LogP contribution in [0.15, 0.2) is 66.7 Å². The number of hydrogen-bond donors (Lipinski definition) is 2. The zero-order chi connectivity index (χ0) is 18.8. The zero-order valence-electron chi connectivity index (χ0n) is 15.6. The van der Waals surface area contributed by atoms with Crippen molar-refractivity contribution < 1.29 is 9.90 Å². The number of carbonyl (C=O) groups excluding carboxylic acids is 1. The minimum atomic E-state index is -0.563. The monoisotopic (exact) mass is 396 g/mol. The van der Waals surface area contributed by atoms with Crippen LogP contribution in [0.4, 0.5) is 0 Å². The first kappa shape index (κ1) is 20.3. The van der Waals surface area contributed by atoms with Gasteiger partial charge in [0.2, 0.25) is 0 Å². The highest BCUT2D eigenvalue weighted by Crippen LogP contribution is 2.31. The van der Waals surface area contributed by atoms with Gasteiger partial charge in [0, 0.05) is 31.1 Å². The van der Waals surface area contributed by atoms with Crippen molar-refractivity contribution >= 4 is 29.1 Å². The molecule has 1 saturated heterocycles. The number of aliphatic hydroxyl groups excluding tert-OH is 1. The van der Waals surface area contributed by atoms with E-state index in [2.05, 4.69) is 30.3 Å². The summed E-state index contributed by atoms with van der Waals surface area (Å²) in [6.07, 6.45) is 0.193. The third-order valence-corrected chi connectivity index (χ3v) is 5.51. The van der Waals surface area contributed by atoms with Gasteiger partial charge in [-0.3, -0.25) is 4.79 Å². The molecule has 146 valence electrons. The average Bonchev–Trinajstić information content (AvgIpc) is 2.73. The van der Waals surface area contributed by atoms with Crippen molar-refractivity contribution in [3.63, 3.8) is 0 Å². The minimum absolute atomic E-state index is 0. The molecule has 5 heteroatoms. The minimum Gasteiger partial charge on any atom is -0.391 e. The first-order chi connectivity index (χ1) is 13.2. The van der Waals surface area contributed by atoms with E-state index in [0.717, 1.165) is 17.5 Å². The molecule has 3 aromatic rings. The number of hydrogen-bond acceptors (Lipinski definition) is 3.